The average molecular weight is 363 g/mol. The van der Waals surface area contributed by atoms with Gasteiger partial charge in [0.2, 0.25) is 5.91 Å². The molecule has 2 rings (SSSR count). The summed E-state index contributed by atoms with van der Waals surface area (Å²) in [6, 6.07) is 15.3. The van der Waals surface area contributed by atoms with E-state index in [4.69, 9.17) is 4.74 Å². The molecule has 0 aliphatic carbocycles. The lowest BCUT2D eigenvalue weighted by molar-refractivity contribution is -0.118. The largest absolute Gasteiger partial charge is 0.497 e. The van der Waals surface area contributed by atoms with Crippen molar-refractivity contribution in [2.24, 2.45) is 5.92 Å². The molecule has 0 bridgehead atoms. The second-order valence-electron chi connectivity index (χ2n) is 6.38. The summed E-state index contributed by atoms with van der Waals surface area (Å²) in [4.78, 5) is 11.8. The fourth-order valence-electron chi connectivity index (χ4n) is 2.50. The van der Waals surface area contributed by atoms with Crippen molar-refractivity contribution < 1.29 is 9.53 Å². The van der Waals surface area contributed by atoms with Gasteiger partial charge in [-0.15, -0.1) is 0 Å². The first kappa shape index (κ1) is 20.1. The highest BCUT2D eigenvalue weighted by molar-refractivity contribution is 5.95. The Balaban J connectivity index is 2.33. The third-order valence-corrected chi connectivity index (χ3v) is 4.02. The van der Waals surface area contributed by atoms with Crippen molar-refractivity contribution >= 4 is 28.9 Å². The van der Waals surface area contributed by atoms with E-state index < -0.39 is 0 Å². The van der Waals surface area contributed by atoms with Crippen LogP contribution in [0.4, 0.5) is 11.4 Å². The van der Waals surface area contributed by atoms with Gasteiger partial charge in [-0.05, 0) is 48.9 Å². The van der Waals surface area contributed by atoms with Crippen LogP contribution in [0.1, 0.15) is 31.9 Å². The van der Waals surface area contributed by atoms with Crippen LogP contribution in [-0.2, 0) is 4.79 Å². The van der Waals surface area contributed by atoms with E-state index in [9.17, 15) is 10.1 Å². The number of nitrogens with zero attached hydrogens (tertiary/aromatic N) is 1. The van der Waals surface area contributed by atoms with Crippen molar-refractivity contribution in [2.75, 3.05) is 24.3 Å². The number of hydrogen-bond acceptors (Lipinski definition) is 4. The lowest BCUT2D eigenvalue weighted by Gasteiger charge is -2.12. The molecule has 5 heteroatoms. The van der Waals surface area contributed by atoms with E-state index in [0.29, 0.717) is 11.3 Å². The topological polar surface area (TPSA) is 74.2 Å². The van der Waals surface area contributed by atoms with E-state index in [-0.39, 0.29) is 11.8 Å². The molecule has 0 unspecified atom stereocenters. The maximum absolute atomic E-state index is 11.8. The number of methoxy groups -OCH3 is 1. The minimum atomic E-state index is -0.0766. The Morgan fingerprint density at radius 3 is 2.48 bits per heavy atom. The van der Waals surface area contributed by atoms with Gasteiger partial charge in [0.15, 0.2) is 0 Å². The number of amides is 1. The Labute approximate surface area is 160 Å². The van der Waals surface area contributed by atoms with Gasteiger partial charge < -0.3 is 15.4 Å². The van der Waals surface area contributed by atoms with Crippen molar-refractivity contribution in [2.45, 2.75) is 20.8 Å². The van der Waals surface area contributed by atoms with E-state index in [2.05, 4.69) is 16.7 Å². The highest BCUT2D eigenvalue weighted by Crippen LogP contribution is 2.29. The fraction of sp³-hybridized carbons (Fsp3) is 0.273. The van der Waals surface area contributed by atoms with E-state index in [1.807, 2.05) is 69.3 Å². The molecule has 140 valence electrons. The third-order valence-electron chi connectivity index (χ3n) is 4.02. The predicted molar refractivity (Wildman–Crippen MR) is 111 cm³/mol. The standard InChI is InChI=1S/C22H25N3O2/c1-5-24-21-11-10-19(27-4)13-20(21)17(14-23)12-16-6-8-18(9-7-16)25-22(26)15(2)3/h6-13,15,24H,5H2,1-4H3,(H,25,26)/b17-12+. The fourth-order valence-corrected chi connectivity index (χ4v) is 2.50. The highest BCUT2D eigenvalue weighted by atomic mass is 16.5. The molecule has 0 atom stereocenters. The first-order valence-corrected chi connectivity index (χ1v) is 8.93. The van der Waals surface area contributed by atoms with Crippen molar-refractivity contribution in [3.8, 4) is 11.8 Å². The van der Waals surface area contributed by atoms with Crippen LogP contribution < -0.4 is 15.4 Å². The first-order chi connectivity index (χ1) is 13.0. The Morgan fingerprint density at radius 1 is 1.22 bits per heavy atom. The van der Waals surface area contributed by atoms with Gasteiger partial charge in [0.1, 0.15) is 5.75 Å². The van der Waals surface area contributed by atoms with E-state index >= 15 is 0 Å². The highest BCUT2D eigenvalue weighted by Gasteiger charge is 2.10. The smallest absolute Gasteiger partial charge is 0.226 e. The Hall–Kier alpha value is -3.26. The van der Waals surface area contributed by atoms with Gasteiger partial charge in [0.25, 0.3) is 0 Å². The average Bonchev–Trinajstić information content (AvgIpc) is 2.68. The van der Waals surface area contributed by atoms with Crippen LogP contribution in [0.2, 0.25) is 0 Å². The molecule has 0 fully saturated rings. The van der Waals surface area contributed by atoms with Crippen molar-refractivity contribution in [3.63, 3.8) is 0 Å². The van der Waals surface area contributed by atoms with E-state index in [1.54, 1.807) is 7.11 Å². The first-order valence-electron chi connectivity index (χ1n) is 8.93. The number of ether oxygens (including phenoxy) is 1. The van der Waals surface area contributed by atoms with Gasteiger partial charge in [-0.2, -0.15) is 5.26 Å². The molecule has 0 saturated heterocycles. The quantitative estimate of drug-likeness (QED) is 0.548. The molecule has 0 saturated carbocycles. The Morgan fingerprint density at radius 2 is 1.93 bits per heavy atom. The number of carbonyl (C=O) groups is 1. The zero-order valence-corrected chi connectivity index (χ0v) is 16.2. The number of hydrogen-bond donors (Lipinski definition) is 2. The molecule has 27 heavy (non-hydrogen) atoms. The molecule has 0 radical (unpaired) electrons. The summed E-state index contributed by atoms with van der Waals surface area (Å²) in [6.45, 7) is 6.46. The minimum absolute atomic E-state index is 0.0253. The number of nitrogens with one attached hydrogen (secondary N) is 2. The van der Waals surface area contributed by atoms with Crippen LogP contribution in [0.25, 0.3) is 11.6 Å². The maximum atomic E-state index is 11.8. The molecule has 2 aromatic rings. The van der Waals surface area contributed by atoms with Crippen LogP contribution in [-0.4, -0.2) is 19.6 Å². The van der Waals surface area contributed by atoms with Gasteiger partial charge in [-0.25, -0.2) is 0 Å². The van der Waals surface area contributed by atoms with Gasteiger partial charge in [0, 0.05) is 29.4 Å². The van der Waals surface area contributed by atoms with E-state index in [1.165, 1.54) is 0 Å². The summed E-state index contributed by atoms with van der Waals surface area (Å²) >= 11 is 0. The van der Waals surface area contributed by atoms with Gasteiger partial charge in [0.05, 0.1) is 18.8 Å². The second-order valence-corrected chi connectivity index (χ2v) is 6.38. The molecule has 0 aliphatic rings. The van der Waals surface area contributed by atoms with Gasteiger partial charge in [-0.3, -0.25) is 4.79 Å². The number of rotatable bonds is 7. The minimum Gasteiger partial charge on any atom is -0.497 e. The summed E-state index contributed by atoms with van der Waals surface area (Å²) in [5, 5.41) is 15.8. The van der Waals surface area contributed by atoms with E-state index in [0.717, 1.165) is 29.0 Å². The number of carbonyl (C=O) groups excluding carboxylic acids is 1. The van der Waals surface area contributed by atoms with Crippen molar-refractivity contribution in [3.05, 3.63) is 53.6 Å². The Bertz CT molecular complexity index is 862. The molecule has 0 heterocycles. The molecular weight excluding hydrogens is 338 g/mol. The maximum Gasteiger partial charge on any atom is 0.226 e. The normalized spacial score (nSPS) is 11.0. The summed E-state index contributed by atoms with van der Waals surface area (Å²) < 4.78 is 5.30. The molecule has 0 aliphatic heterocycles. The molecule has 0 spiro atoms. The van der Waals surface area contributed by atoms with Gasteiger partial charge >= 0.3 is 0 Å². The number of anilines is 2. The number of allylic oxidation sites excluding steroid dienone is 1. The molecule has 1 amide bonds. The van der Waals surface area contributed by atoms with Crippen LogP contribution in [0.5, 0.6) is 5.75 Å². The SMILES string of the molecule is CCNc1ccc(OC)cc1/C(C#N)=C/c1ccc(NC(=O)C(C)C)cc1. The molecular formula is C22H25N3O2. The summed E-state index contributed by atoms with van der Waals surface area (Å²) in [5.41, 5.74) is 3.81. The van der Waals surface area contributed by atoms with Crippen molar-refractivity contribution in [1.82, 2.24) is 0 Å². The number of benzene rings is 2. The van der Waals surface area contributed by atoms with Crippen LogP contribution in [0.15, 0.2) is 42.5 Å². The molecule has 0 aromatic heterocycles. The molecule has 5 nitrogen and oxygen atoms in total. The monoisotopic (exact) mass is 363 g/mol. The summed E-state index contributed by atoms with van der Waals surface area (Å²) in [7, 11) is 1.60. The van der Waals surface area contributed by atoms with Crippen molar-refractivity contribution in [1.29, 1.82) is 5.26 Å². The summed E-state index contributed by atoms with van der Waals surface area (Å²) in [6.07, 6.45) is 1.82. The zero-order valence-electron chi connectivity index (χ0n) is 16.2. The molecule has 2 aromatic carbocycles. The second kappa shape index (κ2) is 9.44. The number of nitriles is 1. The van der Waals surface area contributed by atoms with Crippen LogP contribution in [0.3, 0.4) is 0 Å². The van der Waals surface area contributed by atoms with Gasteiger partial charge in [-0.1, -0.05) is 26.0 Å². The predicted octanol–water partition coefficient (Wildman–Crippen LogP) is 4.79. The third kappa shape index (κ3) is 5.35. The van der Waals surface area contributed by atoms with Crippen LogP contribution >= 0.6 is 0 Å². The van der Waals surface area contributed by atoms with Crippen LogP contribution in [0, 0.1) is 17.2 Å². The lowest BCUT2D eigenvalue weighted by atomic mass is 10.0. The molecule has 2 N–H and O–H groups in total. The lowest BCUT2D eigenvalue weighted by Crippen LogP contribution is -2.17. The zero-order chi connectivity index (χ0) is 19.8. The summed E-state index contributed by atoms with van der Waals surface area (Å²) in [5.74, 6) is 0.592. The Kier molecular flexibility index (Phi) is 7.01.